The molecule has 0 spiro atoms. The van der Waals surface area contributed by atoms with Crippen molar-refractivity contribution < 1.29 is 4.74 Å². The Balaban J connectivity index is 2.34. The number of aromatic nitrogens is 2. The van der Waals surface area contributed by atoms with Gasteiger partial charge in [0.25, 0.3) is 0 Å². The van der Waals surface area contributed by atoms with Crippen molar-refractivity contribution in [3.05, 3.63) is 11.8 Å². The van der Waals surface area contributed by atoms with E-state index < -0.39 is 0 Å². The van der Waals surface area contributed by atoms with Crippen LogP contribution in [0.2, 0.25) is 0 Å². The van der Waals surface area contributed by atoms with Gasteiger partial charge in [-0.05, 0) is 26.1 Å². The van der Waals surface area contributed by atoms with E-state index in [0.717, 1.165) is 12.2 Å². The number of ether oxygens (including phenoxy) is 1. The van der Waals surface area contributed by atoms with Gasteiger partial charge in [-0.25, -0.2) is 0 Å². The highest BCUT2D eigenvalue weighted by atomic mass is 32.1. The van der Waals surface area contributed by atoms with Gasteiger partial charge in [0.05, 0.1) is 29.6 Å². The summed E-state index contributed by atoms with van der Waals surface area (Å²) >= 11 is 4.52. The first kappa shape index (κ1) is 9.52. The molecule has 0 amide bonds. The molecule has 0 aromatic carbocycles. The number of nitrogens with zero attached hydrogens (tertiary/aromatic N) is 3. The third-order valence-electron chi connectivity index (χ3n) is 2.15. The highest BCUT2D eigenvalue weighted by Gasteiger charge is 2.26. The molecule has 5 heteroatoms. The van der Waals surface area contributed by atoms with Crippen LogP contribution in [-0.4, -0.2) is 20.5 Å². The summed E-state index contributed by atoms with van der Waals surface area (Å²) in [6.07, 6.45) is 0. The third-order valence-corrected chi connectivity index (χ3v) is 2.24. The van der Waals surface area contributed by atoms with E-state index in [0.29, 0.717) is 12.4 Å². The van der Waals surface area contributed by atoms with Crippen molar-refractivity contribution in [2.45, 2.75) is 32.6 Å². The number of thiocarbonyl (C=S) groups is 1. The summed E-state index contributed by atoms with van der Waals surface area (Å²) < 4.78 is 7.55. The minimum absolute atomic E-state index is 0.155. The SMILES string of the molecule is CC1(C)Cn2nc(N=C=S)cc2CO1. The van der Waals surface area contributed by atoms with Crippen LogP contribution in [0.3, 0.4) is 0 Å². The fourth-order valence-electron chi connectivity index (χ4n) is 1.47. The fraction of sp³-hybridized carbons (Fsp3) is 0.556. The average molecular weight is 209 g/mol. The van der Waals surface area contributed by atoms with Crippen LogP contribution in [0.15, 0.2) is 11.1 Å². The standard InChI is InChI=1S/C9H11N3OS/c1-9(2)5-12-7(4-13-9)3-8(11-12)10-6-14/h3H,4-5H2,1-2H3. The van der Waals surface area contributed by atoms with E-state index >= 15 is 0 Å². The van der Waals surface area contributed by atoms with Crippen molar-refractivity contribution in [3.63, 3.8) is 0 Å². The lowest BCUT2D eigenvalue weighted by atomic mass is 10.1. The van der Waals surface area contributed by atoms with E-state index in [-0.39, 0.29) is 5.60 Å². The van der Waals surface area contributed by atoms with Gasteiger partial charge in [-0.1, -0.05) is 0 Å². The van der Waals surface area contributed by atoms with Gasteiger partial charge in [0, 0.05) is 6.07 Å². The monoisotopic (exact) mass is 209 g/mol. The van der Waals surface area contributed by atoms with Gasteiger partial charge in [-0.15, -0.1) is 0 Å². The molecular formula is C9H11N3OS. The van der Waals surface area contributed by atoms with Crippen molar-refractivity contribution in [2.75, 3.05) is 0 Å². The van der Waals surface area contributed by atoms with Crippen molar-refractivity contribution in [1.29, 1.82) is 0 Å². The first-order chi connectivity index (χ1) is 6.61. The van der Waals surface area contributed by atoms with Crippen LogP contribution in [-0.2, 0) is 17.9 Å². The predicted octanol–water partition coefficient (Wildman–Crippen LogP) is 1.93. The molecule has 0 fully saturated rings. The Morgan fingerprint density at radius 3 is 3.21 bits per heavy atom. The van der Waals surface area contributed by atoms with E-state index in [1.165, 1.54) is 0 Å². The molecule has 74 valence electrons. The molecule has 0 saturated heterocycles. The lowest BCUT2D eigenvalue weighted by molar-refractivity contribution is -0.0660. The molecule has 0 aliphatic carbocycles. The zero-order valence-electron chi connectivity index (χ0n) is 8.15. The predicted molar refractivity (Wildman–Crippen MR) is 55.8 cm³/mol. The van der Waals surface area contributed by atoms with Gasteiger partial charge >= 0.3 is 0 Å². The summed E-state index contributed by atoms with van der Waals surface area (Å²) in [5, 5.41) is 6.58. The summed E-state index contributed by atoms with van der Waals surface area (Å²) in [4.78, 5) is 3.84. The number of hydrogen-bond acceptors (Lipinski definition) is 4. The number of rotatable bonds is 1. The molecule has 0 radical (unpaired) electrons. The number of hydrogen-bond donors (Lipinski definition) is 0. The lowest BCUT2D eigenvalue weighted by Gasteiger charge is -2.30. The molecule has 1 aromatic heterocycles. The summed E-state index contributed by atoms with van der Waals surface area (Å²) in [6, 6.07) is 1.87. The van der Waals surface area contributed by atoms with Crippen LogP contribution < -0.4 is 0 Å². The largest absolute Gasteiger partial charge is 0.367 e. The van der Waals surface area contributed by atoms with E-state index in [1.807, 2.05) is 24.6 Å². The molecule has 0 bridgehead atoms. The molecule has 2 rings (SSSR count). The van der Waals surface area contributed by atoms with Crippen molar-refractivity contribution in [1.82, 2.24) is 9.78 Å². The van der Waals surface area contributed by atoms with E-state index in [1.54, 1.807) is 0 Å². The quantitative estimate of drug-likeness (QED) is 0.524. The lowest BCUT2D eigenvalue weighted by Crippen LogP contribution is -2.35. The van der Waals surface area contributed by atoms with E-state index in [9.17, 15) is 0 Å². The molecule has 1 aliphatic heterocycles. The number of isothiocyanates is 1. The Bertz CT molecular complexity index is 404. The minimum Gasteiger partial charge on any atom is -0.367 e. The Kier molecular flexibility index (Phi) is 2.23. The van der Waals surface area contributed by atoms with Gasteiger partial charge in [-0.2, -0.15) is 10.1 Å². The van der Waals surface area contributed by atoms with Crippen LogP contribution in [0.25, 0.3) is 0 Å². The first-order valence-electron chi connectivity index (χ1n) is 4.39. The second kappa shape index (κ2) is 3.28. The Morgan fingerprint density at radius 2 is 2.50 bits per heavy atom. The zero-order valence-corrected chi connectivity index (χ0v) is 8.97. The first-order valence-corrected chi connectivity index (χ1v) is 4.80. The summed E-state index contributed by atoms with van der Waals surface area (Å²) in [6.45, 7) is 5.40. The van der Waals surface area contributed by atoms with Gasteiger partial charge < -0.3 is 4.74 Å². The Hall–Kier alpha value is -1.03. The molecule has 1 aliphatic rings. The molecule has 14 heavy (non-hydrogen) atoms. The van der Waals surface area contributed by atoms with Gasteiger partial charge in [0.2, 0.25) is 0 Å². The van der Waals surface area contributed by atoms with Crippen LogP contribution >= 0.6 is 12.2 Å². The number of aliphatic imine (C=N–C) groups is 1. The van der Waals surface area contributed by atoms with Crippen LogP contribution in [0.5, 0.6) is 0 Å². The molecule has 0 unspecified atom stereocenters. The summed E-state index contributed by atoms with van der Waals surface area (Å²) in [7, 11) is 0. The van der Waals surface area contributed by atoms with Crippen LogP contribution in [0, 0.1) is 0 Å². The maximum atomic E-state index is 5.63. The molecule has 1 aromatic rings. The molecule has 0 saturated carbocycles. The van der Waals surface area contributed by atoms with Crippen LogP contribution in [0.4, 0.5) is 5.82 Å². The van der Waals surface area contributed by atoms with Gasteiger partial charge in [0.1, 0.15) is 0 Å². The Labute approximate surface area is 87.6 Å². The minimum atomic E-state index is -0.155. The highest BCUT2D eigenvalue weighted by molar-refractivity contribution is 7.78. The Morgan fingerprint density at radius 1 is 1.71 bits per heavy atom. The van der Waals surface area contributed by atoms with Gasteiger partial charge in [0.15, 0.2) is 5.82 Å². The molecule has 0 N–H and O–H groups in total. The molecule has 0 atom stereocenters. The topological polar surface area (TPSA) is 39.4 Å². The van der Waals surface area contributed by atoms with Gasteiger partial charge in [-0.3, -0.25) is 4.68 Å². The van der Waals surface area contributed by atoms with Crippen LogP contribution in [0.1, 0.15) is 19.5 Å². The average Bonchev–Trinajstić information content (AvgIpc) is 2.45. The smallest absolute Gasteiger partial charge is 0.184 e. The van der Waals surface area contributed by atoms with E-state index in [4.69, 9.17) is 4.74 Å². The van der Waals surface area contributed by atoms with Crippen molar-refractivity contribution in [2.24, 2.45) is 4.99 Å². The summed E-state index contributed by atoms with van der Waals surface area (Å²) in [5.41, 5.74) is 0.880. The second-order valence-electron chi connectivity index (χ2n) is 3.90. The summed E-state index contributed by atoms with van der Waals surface area (Å²) in [5.74, 6) is 0.608. The molecular weight excluding hydrogens is 198 g/mol. The molecule has 2 heterocycles. The zero-order chi connectivity index (χ0) is 10.2. The molecule has 4 nitrogen and oxygen atoms in total. The third kappa shape index (κ3) is 1.75. The normalized spacial score (nSPS) is 18.4. The number of fused-ring (bicyclic) bond motifs is 1. The van der Waals surface area contributed by atoms with E-state index in [2.05, 4.69) is 27.5 Å². The highest BCUT2D eigenvalue weighted by Crippen LogP contribution is 2.24. The maximum absolute atomic E-state index is 5.63. The fourth-order valence-corrected chi connectivity index (χ4v) is 1.56. The van der Waals surface area contributed by atoms with Crippen molar-refractivity contribution >= 4 is 23.2 Å². The van der Waals surface area contributed by atoms with Crippen molar-refractivity contribution in [3.8, 4) is 0 Å². The second-order valence-corrected chi connectivity index (χ2v) is 4.09. The maximum Gasteiger partial charge on any atom is 0.184 e.